The Morgan fingerprint density at radius 2 is 1.74 bits per heavy atom. The molecule has 42 heavy (non-hydrogen) atoms. The van der Waals surface area contributed by atoms with Crippen LogP contribution in [0.1, 0.15) is 55.5 Å². The summed E-state index contributed by atoms with van der Waals surface area (Å²) in [7, 11) is 1.63. The maximum atomic E-state index is 13.3. The molecule has 0 saturated carbocycles. The maximum Gasteiger partial charge on any atom is 0.270 e. The molecule has 2 N–H and O–H groups in total. The number of amides is 1. The lowest BCUT2D eigenvalue weighted by atomic mass is 9.93. The average molecular weight is 564 g/mol. The van der Waals surface area contributed by atoms with Gasteiger partial charge in [0.15, 0.2) is 0 Å². The van der Waals surface area contributed by atoms with Crippen LogP contribution in [0, 0.1) is 0 Å². The van der Waals surface area contributed by atoms with E-state index in [1.54, 1.807) is 13.3 Å². The molecule has 0 saturated heterocycles. The summed E-state index contributed by atoms with van der Waals surface area (Å²) in [6.45, 7) is 6.99. The molecule has 0 bridgehead atoms. The van der Waals surface area contributed by atoms with Crippen LogP contribution in [0.15, 0.2) is 79.0 Å². The molecule has 1 amide bonds. The minimum absolute atomic E-state index is 0.161. The van der Waals surface area contributed by atoms with E-state index in [1.165, 1.54) is 0 Å². The van der Waals surface area contributed by atoms with E-state index < -0.39 is 5.54 Å². The number of tetrazole rings is 1. The molecule has 2 aromatic heterocycles. The highest BCUT2D eigenvalue weighted by Crippen LogP contribution is 2.34. The van der Waals surface area contributed by atoms with Crippen molar-refractivity contribution in [3.05, 3.63) is 96.1 Å². The van der Waals surface area contributed by atoms with Gasteiger partial charge in [-0.1, -0.05) is 74.0 Å². The SMILES string of the molecule is CCCCc1ncc(C(=O)NC(C)(C)COC)n1Cc1ccc(-c2cc(-c3ccccc3)ccc2-c2nn[nH]n2)cc1. The molecule has 0 radical (unpaired) electrons. The zero-order valence-corrected chi connectivity index (χ0v) is 24.6. The molecule has 2 heterocycles. The van der Waals surface area contributed by atoms with Gasteiger partial charge in [0.05, 0.1) is 18.3 Å². The molecule has 0 unspecified atom stereocenters. The Morgan fingerprint density at radius 1 is 0.976 bits per heavy atom. The number of nitrogens with zero attached hydrogens (tertiary/aromatic N) is 5. The quantitative estimate of drug-likeness (QED) is 0.194. The average Bonchev–Trinajstić information content (AvgIpc) is 3.67. The summed E-state index contributed by atoms with van der Waals surface area (Å²) < 4.78 is 7.32. The molecular formula is C33H37N7O2. The van der Waals surface area contributed by atoms with E-state index >= 15 is 0 Å². The third-order valence-electron chi connectivity index (χ3n) is 7.20. The van der Waals surface area contributed by atoms with Gasteiger partial charge >= 0.3 is 0 Å². The molecule has 0 atom stereocenters. The van der Waals surface area contributed by atoms with Crippen molar-refractivity contribution in [1.82, 2.24) is 35.5 Å². The number of carbonyl (C=O) groups is 1. The number of unbranched alkanes of at least 4 members (excludes halogenated alkanes) is 1. The second-order valence-corrected chi connectivity index (χ2v) is 11.1. The van der Waals surface area contributed by atoms with Gasteiger partial charge in [0.25, 0.3) is 5.91 Å². The molecule has 0 aliphatic rings. The van der Waals surface area contributed by atoms with E-state index in [1.807, 2.05) is 42.7 Å². The molecule has 3 aromatic carbocycles. The normalized spacial score (nSPS) is 11.5. The second kappa shape index (κ2) is 12.9. The fraction of sp³-hybridized carbons (Fsp3) is 0.303. The van der Waals surface area contributed by atoms with E-state index in [0.717, 1.165) is 58.5 Å². The smallest absolute Gasteiger partial charge is 0.270 e. The number of carbonyl (C=O) groups excluding carboxylic acids is 1. The van der Waals surface area contributed by atoms with Gasteiger partial charge in [-0.05, 0) is 65.4 Å². The molecule has 0 fully saturated rings. The largest absolute Gasteiger partial charge is 0.382 e. The number of ether oxygens (including phenoxy) is 1. The van der Waals surface area contributed by atoms with Crippen LogP contribution in [0.5, 0.6) is 0 Å². The monoisotopic (exact) mass is 563 g/mol. The lowest BCUT2D eigenvalue weighted by molar-refractivity contribution is 0.0811. The van der Waals surface area contributed by atoms with E-state index in [-0.39, 0.29) is 5.91 Å². The zero-order chi connectivity index (χ0) is 29.5. The number of H-pyrrole nitrogens is 1. The van der Waals surface area contributed by atoms with Crippen LogP contribution in [0.2, 0.25) is 0 Å². The molecular weight excluding hydrogens is 526 g/mol. The lowest BCUT2D eigenvalue weighted by Crippen LogP contribution is -2.47. The van der Waals surface area contributed by atoms with Gasteiger partial charge in [-0.25, -0.2) is 4.98 Å². The minimum atomic E-state index is -0.503. The number of rotatable bonds is 12. The van der Waals surface area contributed by atoms with Gasteiger partial charge in [0.2, 0.25) is 5.82 Å². The summed E-state index contributed by atoms with van der Waals surface area (Å²) in [4.78, 5) is 18.0. The number of nitrogens with one attached hydrogen (secondary N) is 2. The van der Waals surface area contributed by atoms with Crippen LogP contribution in [0.3, 0.4) is 0 Å². The van der Waals surface area contributed by atoms with Gasteiger partial charge in [-0.3, -0.25) is 4.79 Å². The van der Waals surface area contributed by atoms with Crippen molar-refractivity contribution in [3.63, 3.8) is 0 Å². The van der Waals surface area contributed by atoms with E-state index in [4.69, 9.17) is 4.74 Å². The first kappa shape index (κ1) is 28.9. The molecule has 9 nitrogen and oxygen atoms in total. The molecule has 5 aromatic rings. The van der Waals surface area contributed by atoms with Gasteiger partial charge in [-0.15, -0.1) is 10.2 Å². The van der Waals surface area contributed by atoms with Crippen LogP contribution in [0.4, 0.5) is 0 Å². The molecule has 0 spiro atoms. The standard InChI is InChI=1S/C33H37N7O2/c1-5-6-12-30-34-20-29(32(41)35-33(2,3)22-42-4)40(30)21-23-13-15-25(16-14-23)28-19-26(24-10-8-7-9-11-24)17-18-27(28)31-36-38-39-37-31/h7-11,13-20H,5-6,12,21-22H2,1-4H3,(H,35,41)(H,36,37,38,39). The molecule has 0 aliphatic carbocycles. The van der Waals surface area contributed by atoms with Crippen molar-refractivity contribution in [2.24, 2.45) is 0 Å². The Morgan fingerprint density at radius 3 is 2.43 bits per heavy atom. The number of aromatic nitrogens is 6. The third kappa shape index (κ3) is 6.63. The summed E-state index contributed by atoms with van der Waals surface area (Å²) >= 11 is 0. The van der Waals surface area contributed by atoms with Crippen molar-refractivity contribution in [2.75, 3.05) is 13.7 Å². The van der Waals surface area contributed by atoms with E-state index in [2.05, 4.69) is 86.4 Å². The van der Waals surface area contributed by atoms with E-state index in [9.17, 15) is 4.79 Å². The zero-order valence-electron chi connectivity index (χ0n) is 24.6. The van der Waals surface area contributed by atoms with Gasteiger partial charge in [0.1, 0.15) is 11.5 Å². The fourth-order valence-electron chi connectivity index (χ4n) is 5.11. The van der Waals surface area contributed by atoms with E-state index in [0.29, 0.717) is 24.7 Å². The number of hydrogen-bond donors (Lipinski definition) is 2. The van der Waals surface area contributed by atoms with Crippen LogP contribution in [-0.2, 0) is 17.7 Å². The Hall–Kier alpha value is -4.63. The lowest BCUT2D eigenvalue weighted by Gasteiger charge is -2.25. The Bertz CT molecular complexity index is 1610. The first-order chi connectivity index (χ1) is 20.4. The highest BCUT2D eigenvalue weighted by molar-refractivity contribution is 5.93. The van der Waals surface area contributed by atoms with Crippen molar-refractivity contribution >= 4 is 5.91 Å². The topological polar surface area (TPSA) is 111 Å². The predicted octanol–water partition coefficient (Wildman–Crippen LogP) is 5.94. The molecule has 216 valence electrons. The number of benzene rings is 3. The number of aryl methyl sites for hydroxylation is 1. The van der Waals surface area contributed by atoms with Crippen LogP contribution in [-0.4, -0.2) is 55.3 Å². The second-order valence-electron chi connectivity index (χ2n) is 11.1. The van der Waals surface area contributed by atoms with Crippen molar-refractivity contribution in [3.8, 4) is 33.6 Å². The number of imidazole rings is 1. The first-order valence-electron chi connectivity index (χ1n) is 14.3. The van der Waals surface area contributed by atoms with Gasteiger partial charge in [0, 0.05) is 25.6 Å². The Balaban J connectivity index is 1.46. The summed E-state index contributed by atoms with van der Waals surface area (Å²) in [5.74, 6) is 1.29. The number of hydrogen-bond acceptors (Lipinski definition) is 6. The summed E-state index contributed by atoms with van der Waals surface area (Å²) in [6, 6.07) is 25.0. The molecule has 5 rings (SSSR count). The van der Waals surface area contributed by atoms with Gasteiger partial charge < -0.3 is 14.6 Å². The highest BCUT2D eigenvalue weighted by Gasteiger charge is 2.24. The van der Waals surface area contributed by atoms with Crippen molar-refractivity contribution < 1.29 is 9.53 Å². The summed E-state index contributed by atoms with van der Waals surface area (Å²) in [5.41, 5.74) is 6.29. The first-order valence-corrected chi connectivity index (χ1v) is 14.3. The third-order valence-corrected chi connectivity index (χ3v) is 7.20. The van der Waals surface area contributed by atoms with Crippen LogP contribution < -0.4 is 5.32 Å². The van der Waals surface area contributed by atoms with Gasteiger partial charge in [-0.2, -0.15) is 5.21 Å². The fourth-order valence-corrected chi connectivity index (χ4v) is 5.11. The van der Waals surface area contributed by atoms with Crippen LogP contribution in [0.25, 0.3) is 33.6 Å². The summed E-state index contributed by atoms with van der Waals surface area (Å²) in [5, 5.41) is 17.9. The molecule has 9 heteroatoms. The molecule has 0 aliphatic heterocycles. The highest BCUT2D eigenvalue weighted by atomic mass is 16.5. The van der Waals surface area contributed by atoms with Crippen molar-refractivity contribution in [1.29, 1.82) is 0 Å². The number of aromatic amines is 1. The Labute approximate surface area is 246 Å². The number of methoxy groups -OCH3 is 1. The van der Waals surface area contributed by atoms with Crippen molar-refractivity contribution in [2.45, 2.75) is 52.1 Å². The maximum absolute atomic E-state index is 13.3. The predicted molar refractivity (Wildman–Crippen MR) is 164 cm³/mol. The summed E-state index contributed by atoms with van der Waals surface area (Å²) in [6.07, 6.45) is 4.55. The minimum Gasteiger partial charge on any atom is -0.382 e. The van der Waals surface area contributed by atoms with Crippen LogP contribution >= 0.6 is 0 Å². The Kier molecular flexibility index (Phi) is 8.88.